The molecule has 2 heterocycles. The Kier molecular flexibility index (Phi) is 5.23. The van der Waals surface area contributed by atoms with Crippen molar-refractivity contribution in [2.24, 2.45) is 0 Å². The van der Waals surface area contributed by atoms with Crippen molar-refractivity contribution in [2.75, 3.05) is 0 Å². The maximum absolute atomic E-state index is 12.0. The van der Waals surface area contributed by atoms with Gasteiger partial charge in [0.2, 0.25) is 11.8 Å². The molecule has 0 aliphatic carbocycles. The lowest BCUT2D eigenvalue weighted by Crippen LogP contribution is -2.30. The number of hydrogen-bond donors (Lipinski definition) is 0. The van der Waals surface area contributed by atoms with Gasteiger partial charge in [0.15, 0.2) is 0 Å². The molecule has 6 nitrogen and oxygen atoms in total. The summed E-state index contributed by atoms with van der Waals surface area (Å²) >= 11 is 0. The van der Waals surface area contributed by atoms with Gasteiger partial charge in [-0.15, -0.1) is 10.2 Å². The number of fused-ring (bicyclic) bond motifs is 1. The fourth-order valence-electron chi connectivity index (χ4n) is 2.92. The molecule has 0 amide bonds. The molecule has 0 aliphatic rings. The zero-order chi connectivity index (χ0) is 18.8. The Morgan fingerprint density at radius 1 is 1.00 bits per heavy atom. The Morgan fingerprint density at radius 2 is 1.69 bits per heavy atom. The Bertz CT molecular complexity index is 972. The molecule has 0 aliphatic heterocycles. The second-order valence-corrected chi connectivity index (χ2v) is 6.97. The molecule has 6 heteroatoms. The lowest BCUT2D eigenvalue weighted by atomic mass is 10.0. The molecule has 1 aromatic carbocycles. The monoisotopic (exact) mass is 355 g/mol. The molecule has 0 spiro atoms. The van der Waals surface area contributed by atoms with E-state index in [9.17, 15) is 4.79 Å². The minimum absolute atomic E-state index is 0.251. The molecule has 26 heavy (non-hydrogen) atoms. The van der Waals surface area contributed by atoms with E-state index < -0.39 is 0 Å². The van der Waals surface area contributed by atoms with Crippen molar-refractivity contribution in [2.45, 2.75) is 60.2 Å². The van der Waals surface area contributed by atoms with Crippen LogP contribution in [0.25, 0.3) is 11.0 Å². The van der Waals surface area contributed by atoms with Gasteiger partial charge in [0.25, 0.3) is 0 Å². The van der Waals surface area contributed by atoms with Crippen molar-refractivity contribution < 1.29 is 8.83 Å². The van der Waals surface area contributed by atoms with Gasteiger partial charge < -0.3 is 8.83 Å². The fraction of sp³-hybridized carbons (Fsp3) is 0.450. The minimum Gasteiger partial charge on any atom is -0.424 e. The molecule has 0 saturated carbocycles. The average molecular weight is 355 g/mol. The summed E-state index contributed by atoms with van der Waals surface area (Å²) < 4.78 is 11.1. The van der Waals surface area contributed by atoms with Crippen LogP contribution >= 0.6 is 0 Å². The van der Waals surface area contributed by atoms with Crippen molar-refractivity contribution in [3.05, 3.63) is 57.1 Å². The van der Waals surface area contributed by atoms with Gasteiger partial charge in [0.1, 0.15) is 5.58 Å². The lowest BCUT2D eigenvalue weighted by Gasteiger charge is -2.25. The van der Waals surface area contributed by atoms with E-state index in [4.69, 9.17) is 8.83 Å². The molecular weight excluding hydrogens is 330 g/mol. The molecule has 0 saturated heterocycles. The van der Waals surface area contributed by atoms with Crippen LogP contribution < -0.4 is 5.63 Å². The molecule has 0 radical (unpaired) electrons. The number of rotatable bonds is 6. The van der Waals surface area contributed by atoms with Gasteiger partial charge in [0, 0.05) is 30.5 Å². The predicted molar refractivity (Wildman–Crippen MR) is 100 cm³/mol. The van der Waals surface area contributed by atoms with E-state index in [0.29, 0.717) is 30.5 Å². The van der Waals surface area contributed by atoms with Crippen molar-refractivity contribution >= 4 is 11.0 Å². The van der Waals surface area contributed by atoms with Crippen molar-refractivity contribution in [3.8, 4) is 0 Å². The highest BCUT2D eigenvalue weighted by Gasteiger charge is 2.17. The summed E-state index contributed by atoms with van der Waals surface area (Å²) in [6.07, 6.45) is 0.720. The highest BCUT2D eigenvalue weighted by molar-refractivity contribution is 5.81. The largest absolute Gasteiger partial charge is 0.424 e. The lowest BCUT2D eigenvalue weighted by molar-refractivity contribution is 0.183. The van der Waals surface area contributed by atoms with Crippen LogP contribution in [0.2, 0.25) is 0 Å². The third kappa shape index (κ3) is 3.85. The summed E-state index contributed by atoms with van der Waals surface area (Å²) in [6, 6.07) is 5.85. The van der Waals surface area contributed by atoms with Gasteiger partial charge in [-0.25, -0.2) is 4.79 Å². The zero-order valence-corrected chi connectivity index (χ0v) is 16.0. The topological polar surface area (TPSA) is 72.4 Å². The van der Waals surface area contributed by atoms with Crippen LogP contribution in [0.4, 0.5) is 0 Å². The normalized spacial score (nSPS) is 11.8. The zero-order valence-electron chi connectivity index (χ0n) is 16.0. The first kappa shape index (κ1) is 18.3. The van der Waals surface area contributed by atoms with Crippen LogP contribution in [0.5, 0.6) is 0 Å². The Balaban J connectivity index is 1.96. The number of nitrogens with zero attached hydrogens (tertiary/aromatic N) is 3. The molecule has 0 fully saturated rings. The maximum Gasteiger partial charge on any atom is 0.336 e. The van der Waals surface area contributed by atoms with Gasteiger partial charge in [-0.2, -0.15) is 0 Å². The Labute approximate surface area is 152 Å². The minimum atomic E-state index is -0.328. The van der Waals surface area contributed by atoms with Crippen LogP contribution in [0, 0.1) is 13.8 Å². The first-order valence-electron chi connectivity index (χ1n) is 8.96. The summed E-state index contributed by atoms with van der Waals surface area (Å²) in [5.74, 6) is 1.23. The van der Waals surface area contributed by atoms with E-state index in [1.807, 2.05) is 19.9 Å². The summed E-state index contributed by atoms with van der Waals surface area (Å²) in [6.45, 7) is 11.4. The van der Waals surface area contributed by atoms with Gasteiger partial charge in [0.05, 0.1) is 6.54 Å². The average Bonchev–Trinajstić information content (AvgIpc) is 3.03. The first-order chi connectivity index (χ1) is 12.4. The van der Waals surface area contributed by atoms with Gasteiger partial charge >= 0.3 is 5.63 Å². The molecule has 0 bridgehead atoms. The van der Waals surface area contributed by atoms with Crippen LogP contribution in [-0.4, -0.2) is 21.1 Å². The van der Waals surface area contributed by atoms with E-state index in [1.54, 1.807) is 6.07 Å². The van der Waals surface area contributed by atoms with Gasteiger partial charge in [-0.05, 0) is 56.5 Å². The van der Waals surface area contributed by atoms with E-state index >= 15 is 0 Å². The third-order valence-electron chi connectivity index (χ3n) is 4.70. The van der Waals surface area contributed by atoms with Crippen LogP contribution in [-0.2, 0) is 19.5 Å². The number of benzene rings is 1. The standard InChI is InChI=1S/C20H25N3O3/c1-6-18-21-22-19(26-18)11-23(12(2)3)10-15-9-20(24)25-17-8-14(5)13(4)7-16(15)17/h7-9,12H,6,10-11H2,1-5H3. The van der Waals surface area contributed by atoms with E-state index in [0.717, 1.165) is 22.9 Å². The van der Waals surface area contributed by atoms with Crippen molar-refractivity contribution in [1.82, 2.24) is 15.1 Å². The predicted octanol–water partition coefficient (Wildman–Crippen LogP) is 3.77. The fourth-order valence-corrected chi connectivity index (χ4v) is 2.92. The number of aryl methyl sites for hydroxylation is 3. The molecule has 0 N–H and O–H groups in total. The molecule has 0 atom stereocenters. The van der Waals surface area contributed by atoms with Crippen molar-refractivity contribution in [3.63, 3.8) is 0 Å². The maximum atomic E-state index is 12.0. The summed E-state index contributed by atoms with van der Waals surface area (Å²) in [4.78, 5) is 14.2. The molecule has 138 valence electrons. The Morgan fingerprint density at radius 3 is 2.35 bits per heavy atom. The van der Waals surface area contributed by atoms with Crippen LogP contribution in [0.3, 0.4) is 0 Å². The van der Waals surface area contributed by atoms with E-state index in [2.05, 4.69) is 41.9 Å². The SMILES string of the molecule is CCc1nnc(CN(Cc2cc(=O)oc3cc(C)c(C)cc23)C(C)C)o1. The second-order valence-electron chi connectivity index (χ2n) is 6.97. The van der Waals surface area contributed by atoms with E-state index in [1.165, 1.54) is 5.56 Å². The molecule has 3 rings (SSSR count). The van der Waals surface area contributed by atoms with Gasteiger partial charge in [-0.1, -0.05) is 6.92 Å². The number of hydrogen-bond acceptors (Lipinski definition) is 6. The highest BCUT2D eigenvalue weighted by atomic mass is 16.4. The highest BCUT2D eigenvalue weighted by Crippen LogP contribution is 2.23. The molecule has 2 aromatic heterocycles. The van der Waals surface area contributed by atoms with E-state index in [-0.39, 0.29) is 11.7 Å². The third-order valence-corrected chi connectivity index (χ3v) is 4.70. The second kappa shape index (κ2) is 7.41. The summed E-state index contributed by atoms with van der Waals surface area (Å²) in [7, 11) is 0. The van der Waals surface area contributed by atoms with Crippen molar-refractivity contribution in [1.29, 1.82) is 0 Å². The quantitative estimate of drug-likeness (QED) is 0.627. The smallest absolute Gasteiger partial charge is 0.336 e. The molecule has 0 unspecified atom stereocenters. The van der Waals surface area contributed by atoms with Gasteiger partial charge in [-0.3, -0.25) is 4.90 Å². The number of aromatic nitrogens is 2. The van der Waals surface area contributed by atoms with Crippen LogP contribution in [0.1, 0.15) is 49.2 Å². The first-order valence-corrected chi connectivity index (χ1v) is 8.96. The van der Waals surface area contributed by atoms with Crippen LogP contribution in [0.15, 0.2) is 31.8 Å². The molecular formula is C20H25N3O3. The molecule has 3 aromatic rings. The Hall–Kier alpha value is -2.47. The summed E-state index contributed by atoms with van der Waals surface area (Å²) in [5, 5.41) is 9.12. The summed E-state index contributed by atoms with van der Waals surface area (Å²) in [5.41, 5.74) is 3.53.